The van der Waals surface area contributed by atoms with E-state index >= 15 is 0 Å². The molecule has 0 aliphatic carbocycles. The normalized spacial score (nSPS) is 23.7. The van der Waals surface area contributed by atoms with Gasteiger partial charge in [-0.15, -0.1) is 0 Å². The van der Waals surface area contributed by atoms with E-state index < -0.39 is 0 Å². The van der Waals surface area contributed by atoms with Crippen LogP contribution < -0.4 is 5.32 Å². The van der Waals surface area contributed by atoms with E-state index in [0.717, 1.165) is 52.2 Å². The quantitative estimate of drug-likeness (QED) is 0.765. The average Bonchev–Trinajstić information content (AvgIpc) is 2.57. The Morgan fingerprint density at radius 1 is 1.17 bits per heavy atom. The molecule has 0 radical (unpaired) electrons. The predicted octanol–water partition coefficient (Wildman–Crippen LogP) is 1.61. The molecule has 2 fully saturated rings. The van der Waals surface area contributed by atoms with Gasteiger partial charge in [-0.25, -0.2) is 4.79 Å². The topological polar surface area (TPSA) is 48.1 Å². The van der Waals surface area contributed by atoms with Crippen LogP contribution in [0, 0.1) is 0 Å². The Hall–Kier alpha value is -0.850. The van der Waals surface area contributed by atoms with Gasteiger partial charge in [0.25, 0.3) is 0 Å². The van der Waals surface area contributed by atoms with Crippen molar-refractivity contribution in [2.45, 2.75) is 51.2 Å². The second-order valence-electron chi connectivity index (χ2n) is 7.47. The number of carbonyl (C=O) groups excluding carboxylic acids is 1. The number of hydrogen-bond donors (Lipinski definition) is 1. The summed E-state index contributed by atoms with van der Waals surface area (Å²) in [6.07, 6.45) is 6.13. The molecule has 0 unspecified atom stereocenters. The number of urea groups is 1. The van der Waals surface area contributed by atoms with E-state index in [0.29, 0.717) is 12.1 Å². The molecule has 2 aliphatic heterocycles. The van der Waals surface area contributed by atoms with Crippen molar-refractivity contribution in [2.75, 3.05) is 60.0 Å². The molecule has 2 rings (SSSR count). The molecule has 2 aliphatic rings. The van der Waals surface area contributed by atoms with Gasteiger partial charge in [-0.2, -0.15) is 0 Å². The van der Waals surface area contributed by atoms with Crippen LogP contribution in [-0.2, 0) is 4.74 Å². The average molecular weight is 341 g/mol. The van der Waals surface area contributed by atoms with Crippen LogP contribution in [0.1, 0.15) is 39.0 Å². The first kappa shape index (κ1) is 19.5. The van der Waals surface area contributed by atoms with E-state index in [2.05, 4.69) is 36.1 Å². The Kier molecular flexibility index (Phi) is 8.29. The number of likely N-dealkylation sites (tertiary alicyclic amines) is 2. The number of nitrogens with one attached hydrogen (secondary N) is 1. The molecule has 2 heterocycles. The number of carbonyl (C=O) groups is 1. The van der Waals surface area contributed by atoms with Gasteiger partial charge in [0.2, 0.25) is 0 Å². The summed E-state index contributed by atoms with van der Waals surface area (Å²) < 4.78 is 5.89. The van der Waals surface area contributed by atoms with Crippen LogP contribution in [0.2, 0.25) is 0 Å². The van der Waals surface area contributed by atoms with Crippen LogP contribution in [0.3, 0.4) is 0 Å². The maximum atomic E-state index is 12.3. The van der Waals surface area contributed by atoms with E-state index in [9.17, 15) is 4.79 Å². The van der Waals surface area contributed by atoms with Crippen LogP contribution in [0.25, 0.3) is 0 Å². The van der Waals surface area contributed by atoms with Gasteiger partial charge in [0.15, 0.2) is 0 Å². The Labute approximate surface area is 147 Å². The molecule has 0 aromatic rings. The summed E-state index contributed by atoms with van der Waals surface area (Å²) in [6.45, 7) is 8.53. The Morgan fingerprint density at radius 3 is 2.58 bits per heavy atom. The highest BCUT2D eigenvalue weighted by molar-refractivity contribution is 5.74. The van der Waals surface area contributed by atoms with E-state index in [1.54, 1.807) is 0 Å². The zero-order chi connectivity index (χ0) is 17.4. The van der Waals surface area contributed by atoms with E-state index in [-0.39, 0.29) is 6.03 Å². The predicted molar refractivity (Wildman–Crippen MR) is 97.4 cm³/mol. The van der Waals surface area contributed by atoms with E-state index in [4.69, 9.17) is 4.74 Å². The molecule has 0 aromatic carbocycles. The zero-order valence-corrected chi connectivity index (χ0v) is 15.8. The number of likely N-dealkylation sites (N-methyl/N-ethyl adjacent to an activating group) is 1. The maximum Gasteiger partial charge on any atom is 0.317 e. The van der Waals surface area contributed by atoms with Crippen molar-refractivity contribution in [1.29, 1.82) is 0 Å². The van der Waals surface area contributed by atoms with Gasteiger partial charge in [0.1, 0.15) is 0 Å². The third-order valence-electron chi connectivity index (χ3n) is 5.24. The molecule has 1 atom stereocenters. The van der Waals surface area contributed by atoms with Gasteiger partial charge in [-0.05, 0) is 53.2 Å². The minimum atomic E-state index is 0.0893. The van der Waals surface area contributed by atoms with Gasteiger partial charge in [0.05, 0.1) is 12.7 Å². The lowest BCUT2D eigenvalue weighted by molar-refractivity contribution is 0.00907. The molecule has 2 amide bonds. The lowest BCUT2D eigenvalue weighted by atomic mass is 10.0. The second kappa shape index (κ2) is 10.2. The Bertz CT molecular complexity index is 370. The number of nitrogens with zero attached hydrogens (tertiary/aromatic N) is 3. The van der Waals surface area contributed by atoms with Crippen molar-refractivity contribution in [1.82, 2.24) is 20.0 Å². The van der Waals surface area contributed by atoms with Crippen molar-refractivity contribution < 1.29 is 9.53 Å². The van der Waals surface area contributed by atoms with E-state index in [1.807, 2.05) is 4.90 Å². The van der Waals surface area contributed by atoms with E-state index in [1.165, 1.54) is 25.8 Å². The largest absolute Gasteiger partial charge is 0.377 e. The van der Waals surface area contributed by atoms with Crippen LogP contribution in [0.15, 0.2) is 0 Å². The SMILES string of the molecule is C[C@@H]1CCCCN1CCNC(=O)N1CCC(OCCN(C)C)CC1. The number of amides is 2. The molecule has 0 bridgehead atoms. The molecule has 24 heavy (non-hydrogen) atoms. The lowest BCUT2D eigenvalue weighted by Gasteiger charge is -2.34. The molecule has 0 aromatic heterocycles. The Balaban J connectivity index is 1.57. The first-order chi connectivity index (χ1) is 11.6. The smallest absolute Gasteiger partial charge is 0.317 e. The second-order valence-corrected chi connectivity index (χ2v) is 7.47. The first-order valence-corrected chi connectivity index (χ1v) is 9.59. The van der Waals surface area contributed by atoms with Crippen LogP contribution >= 0.6 is 0 Å². The van der Waals surface area contributed by atoms with Crippen molar-refractivity contribution in [2.24, 2.45) is 0 Å². The summed E-state index contributed by atoms with van der Waals surface area (Å²) >= 11 is 0. The summed E-state index contributed by atoms with van der Waals surface area (Å²) in [6, 6.07) is 0.747. The monoisotopic (exact) mass is 340 g/mol. The molecule has 6 heteroatoms. The molecular weight excluding hydrogens is 304 g/mol. The Morgan fingerprint density at radius 2 is 1.92 bits per heavy atom. The molecule has 2 saturated heterocycles. The van der Waals surface area contributed by atoms with Crippen LogP contribution in [0.5, 0.6) is 0 Å². The van der Waals surface area contributed by atoms with Crippen molar-refractivity contribution in [3.8, 4) is 0 Å². The minimum Gasteiger partial charge on any atom is -0.377 e. The molecular formula is C18H36N4O2. The van der Waals surface area contributed by atoms with Gasteiger partial charge >= 0.3 is 6.03 Å². The van der Waals surface area contributed by atoms with Gasteiger partial charge in [-0.3, -0.25) is 4.90 Å². The van der Waals surface area contributed by atoms with Crippen LogP contribution in [-0.4, -0.2) is 92.8 Å². The minimum absolute atomic E-state index is 0.0893. The molecule has 140 valence electrons. The summed E-state index contributed by atoms with van der Waals surface area (Å²) in [7, 11) is 4.11. The van der Waals surface area contributed by atoms with Crippen molar-refractivity contribution >= 4 is 6.03 Å². The van der Waals surface area contributed by atoms with Crippen molar-refractivity contribution in [3.05, 3.63) is 0 Å². The van der Waals surface area contributed by atoms with Gasteiger partial charge in [0, 0.05) is 38.8 Å². The lowest BCUT2D eigenvalue weighted by Crippen LogP contribution is -2.48. The number of ether oxygens (including phenoxy) is 1. The number of piperidine rings is 2. The molecule has 0 saturated carbocycles. The third kappa shape index (κ3) is 6.57. The summed E-state index contributed by atoms with van der Waals surface area (Å²) in [5.74, 6) is 0. The maximum absolute atomic E-state index is 12.3. The fraction of sp³-hybridized carbons (Fsp3) is 0.944. The zero-order valence-electron chi connectivity index (χ0n) is 15.8. The van der Waals surface area contributed by atoms with Gasteiger partial charge in [-0.1, -0.05) is 6.42 Å². The highest BCUT2D eigenvalue weighted by Crippen LogP contribution is 2.16. The summed E-state index contributed by atoms with van der Waals surface area (Å²) in [5, 5.41) is 3.09. The third-order valence-corrected chi connectivity index (χ3v) is 5.24. The standard InChI is InChI=1S/C18H36N4O2/c1-16-6-4-5-10-21(16)13-9-19-18(23)22-11-7-17(8-12-22)24-15-14-20(2)3/h16-17H,4-15H2,1-3H3,(H,19,23)/t16-/m1/s1. The highest BCUT2D eigenvalue weighted by atomic mass is 16.5. The highest BCUT2D eigenvalue weighted by Gasteiger charge is 2.23. The summed E-state index contributed by atoms with van der Waals surface area (Å²) in [4.78, 5) is 18.8. The number of hydrogen-bond acceptors (Lipinski definition) is 4. The van der Waals surface area contributed by atoms with Crippen LogP contribution in [0.4, 0.5) is 4.79 Å². The molecule has 1 N–H and O–H groups in total. The fourth-order valence-corrected chi connectivity index (χ4v) is 3.54. The summed E-state index contributed by atoms with van der Waals surface area (Å²) in [5.41, 5.74) is 0. The fourth-order valence-electron chi connectivity index (χ4n) is 3.54. The van der Waals surface area contributed by atoms with Crippen molar-refractivity contribution in [3.63, 3.8) is 0 Å². The molecule has 0 spiro atoms. The van der Waals surface area contributed by atoms with Gasteiger partial charge < -0.3 is 19.9 Å². The molecule has 6 nitrogen and oxygen atoms in total. The number of rotatable bonds is 7. The first-order valence-electron chi connectivity index (χ1n) is 9.59.